The number of rotatable bonds is 28. The summed E-state index contributed by atoms with van der Waals surface area (Å²) in [6.45, 7) is 24.6. The lowest BCUT2D eigenvalue weighted by atomic mass is 9.97. The van der Waals surface area contributed by atoms with Gasteiger partial charge in [0.15, 0.2) is 0 Å². The fraction of sp³-hybridized carbons (Fsp3) is 0.429. The number of nitrogens with zero attached hydrogens (tertiary/aromatic N) is 8. The summed E-state index contributed by atoms with van der Waals surface area (Å²) in [7, 11) is 0. The largest absolute Gasteiger partial charge is 0.416 e. The molecule has 4 aliphatic heterocycles. The van der Waals surface area contributed by atoms with Gasteiger partial charge in [-0.3, -0.25) is 4.90 Å². The average Bonchev–Trinajstić information content (AvgIpc) is 0.821. The molecule has 13 rings (SSSR count). The molecular weight excluding hydrogens is 1780 g/mol. The van der Waals surface area contributed by atoms with Crippen LogP contribution in [0.25, 0.3) is 0 Å². The summed E-state index contributed by atoms with van der Waals surface area (Å²) in [5.74, 6) is -3.35. The number of carbonyl (C=O) groups is 4. The van der Waals surface area contributed by atoms with E-state index in [0.29, 0.717) is 82.0 Å². The van der Waals surface area contributed by atoms with Crippen LogP contribution < -0.4 is 21.3 Å². The van der Waals surface area contributed by atoms with Crippen molar-refractivity contribution < 1.29 is 85.0 Å². The number of hydrogen-bond acceptors (Lipinski definition) is 8. The van der Waals surface area contributed by atoms with Crippen LogP contribution in [0.15, 0.2) is 218 Å². The number of amides is 8. The molecule has 31 heteroatoms. The van der Waals surface area contributed by atoms with E-state index in [1.807, 2.05) is 146 Å². The molecule has 0 radical (unpaired) electrons. The van der Waals surface area contributed by atoms with Crippen molar-refractivity contribution in [1.29, 1.82) is 0 Å². The molecule has 0 saturated carbocycles. The molecule has 4 saturated heterocycles. The fourth-order valence-corrected chi connectivity index (χ4v) is 17.2. The summed E-state index contributed by atoms with van der Waals surface area (Å²) in [6.07, 6.45) is 2.28. The van der Waals surface area contributed by atoms with Gasteiger partial charge >= 0.3 is 42.7 Å². The molecule has 0 spiro atoms. The summed E-state index contributed by atoms with van der Waals surface area (Å²) in [5, 5.41) is 10.2. The Balaban J connectivity index is 0.000000188. The first-order chi connectivity index (χ1) is 64.7. The summed E-state index contributed by atoms with van der Waals surface area (Å²) in [4.78, 5) is 69.2. The van der Waals surface area contributed by atoms with Crippen LogP contribution in [0, 0.1) is 47.4 Å². The van der Waals surface area contributed by atoms with Crippen LogP contribution >= 0.6 is 0 Å². The Morgan fingerprint density at radius 3 is 0.985 bits per heavy atom. The van der Waals surface area contributed by atoms with E-state index in [-0.39, 0.29) is 53.5 Å². The SMILES string of the molecule is C#Cc1ccccc1CN1CCC(N(Cc2ccccc2)C(=O)Nc2cc(F)cc(C(F)(F)F)c2)CC1.CC(C)C(C)N1CCC(N(Cc2ccccc2)C(=O)Nc2cc(F)cc(C(F)(F)F)c2)CC1.CCC(C)CN1CCC(N(Cc2ccccc2)C(=O)Nc2cc(F)cc(C(F)(F)F)c2)CC1.CCCCCN1CCC(N(Cc2ccccc2)C(=O)Nc2cc(F)cc(C(C)(F)F)c2)CC1. The molecule has 2 atom stereocenters. The van der Waals surface area contributed by atoms with Gasteiger partial charge in [0.1, 0.15) is 23.3 Å². The predicted molar refractivity (Wildman–Crippen MR) is 504 cm³/mol. The van der Waals surface area contributed by atoms with Crippen LogP contribution in [0.5, 0.6) is 0 Å². The van der Waals surface area contributed by atoms with E-state index in [2.05, 4.69) is 88.3 Å². The second-order valence-electron chi connectivity index (χ2n) is 35.9. The highest BCUT2D eigenvalue weighted by Gasteiger charge is 2.39. The number of urea groups is 4. The Kier molecular flexibility index (Phi) is 39.5. The number of alkyl halides is 11. The summed E-state index contributed by atoms with van der Waals surface area (Å²) in [6, 6.07) is 53.0. The van der Waals surface area contributed by atoms with Gasteiger partial charge < -0.3 is 55.6 Å². The Morgan fingerprint density at radius 1 is 0.390 bits per heavy atom. The zero-order valence-corrected chi connectivity index (χ0v) is 77.9. The van der Waals surface area contributed by atoms with Crippen molar-refractivity contribution in [1.82, 2.24) is 39.2 Å². The van der Waals surface area contributed by atoms with Crippen molar-refractivity contribution in [2.75, 3.05) is 86.7 Å². The first-order valence-corrected chi connectivity index (χ1v) is 46.4. The van der Waals surface area contributed by atoms with Crippen molar-refractivity contribution in [3.63, 3.8) is 0 Å². The number of anilines is 4. The van der Waals surface area contributed by atoms with Gasteiger partial charge in [-0.2, -0.15) is 39.5 Å². The number of hydrogen-bond donors (Lipinski definition) is 4. The topological polar surface area (TPSA) is 142 Å². The third-order valence-corrected chi connectivity index (χ3v) is 25.3. The maximum Gasteiger partial charge on any atom is 0.416 e. The minimum Gasteiger partial charge on any atom is -0.317 e. The van der Waals surface area contributed by atoms with Gasteiger partial charge in [0.2, 0.25) is 0 Å². The molecule has 136 heavy (non-hydrogen) atoms. The second kappa shape index (κ2) is 50.5. The first-order valence-electron chi connectivity index (χ1n) is 46.4. The highest BCUT2D eigenvalue weighted by atomic mass is 19.4. The molecule has 16 nitrogen and oxygen atoms in total. The highest BCUT2D eigenvalue weighted by molar-refractivity contribution is 5.92. The van der Waals surface area contributed by atoms with Crippen molar-refractivity contribution in [3.05, 3.63) is 297 Å². The van der Waals surface area contributed by atoms with Gasteiger partial charge in [0.05, 0.1) is 16.7 Å². The first kappa shape index (κ1) is 106. The Morgan fingerprint density at radius 2 is 0.684 bits per heavy atom. The molecule has 0 bridgehead atoms. The maximum absolute atomic E-state index is 14.0. The number of piperidine rings is 4. The molecule has 9 aromatic carbocycles. The zero-order chi connectivity index (χ0) is 98.4. The van der Waals surface area contributed by atoms with E-state index in [1.54, 1.807) is 19.6 Å². The van der Waals surface area contributed by atoms with E-state index in [1.165, 1.54) is 19.3 Å². The Labute approximate surface area is 788 Å². The number of likely N-dealkylation sites (tertiary alicyclic amines) is 4. The third kappa shape index (κ3) is 33.4. The summed E-state index contributed by atoms with van der Waals surface area (Å²) < 4.78 is 201. The molecule has 732 valence electrons. The van der Waals surface area contributed by atoms with Crippen LogP contribution in [0.1, 0.15) is 181 Å². The lowest BCUT2D eigenvalue weighted by molar-refractivity contribution is -0.138. The quantitative estimate of drug-likeness (QED) is 0.0216. The van der Waals surface area contributed by atoms with Crippen LogP contribution in [-0.4, -0.2) is 159 Å². The van der Waals surface area contributed by atoms with Gasteiger partial charge in [-0.05, 0) is 190 Å². The monoisotopic (exact) mass is 1900 g/mol. The van der Waals surface area contributed by atoms with Crippen molar-refractivity contribution >= 4 is 46.9 Å². The van der Waals surface area contributed by atoms with Crippen LogP contribution in [0.3, 0.4) is 0 Å². The van der Waals surface area contributed by atoms with Gasteiger partial charge in [-0.15, -0.1) is 6.42 Å². The molecule has 4 aliphatic rings. The third-order valence-electron chi connectivity index (χ3n) is 25.3. The smallest absolute Gasteiger partial charge is 0.317 e. The Bertz CT molecular complexity index is 5290. The van der Waals surface area contributed by atoms with Crippen molar-refractivity contribution in [2.24, 2.45) is 11.8 Å². The molecule has 0 aromatic heterocycles. The van der Waals surface area contributed by atoms with E-state index < -0.39 is 94.1 Å². The molecular formula is C105H123F15N12O4. The summed E-state index contributed by atoms with van der Waals surface area (Å²) >= 11 is 0. The van der Waals surface area contributed by atoms with E-state index >= 15 is 0 Å². The minimum absolute atomic E-state index is 0.0216. The molecule has 2 unspecified atom stereocenters. The average molecular weight is 1900 g/mol. The molecule has 4 N–H and O–H groups in total. The van der Waals surface area contributed by atoms with Crippen molar-refractivity contribution in [3.8, 4) is 12.3 Å². The molecule has 0 aliphatic carbocycles. The summed E-state index contributed by atoms with van der Waals surface area (Å²) in [5.41, 5.74) is 1.11. The van der Waals surface area contributed by atoms with E-state index in [0.717, 1.165) is 198 Å². The maximum atomic E-state index is 14.0. The number of halogens is 15. The zero-order valence-electron chi connectivity index (χ0n) is 77.9. The van der Waals surface area contributed by atoms with Crippen LogP contribution in [0.2, 0.25) is 0 Å². The lowest BCUT2D eigenvalue weighted by Crippen LogP contribution is -2.50. The number of unbranched alkanes of at least 4 members (excludes halogenated alkanes) is 2. The van der Waals surface area contributed by atoms with E-state index in [4.69, 9.17) is 6.42 Å². The lowest BCUT2D eigenvalue weighted by Gasteiger charge is -2.41. The van der Waals surface area contributed by atoms with Gasteiger partial charge in [-0.1, -0.05) is 199 Å². The molecule has 4 heterocycles. The number of nitrogens with one attached hydrogen (secondary N) is 4. The molecule has 9 aromatic rings. The van der Waals surface area contributed by atoms with Crippen LogP contribution in [0.4, 0.5) is 108 Å². The number of carbonyl (C=O) groups excluding carboxylic acids is 4. The minimum atomic E-state index is -4.73. The second-order valence-corrected chi connectivity index (χ2v) is 35.9. The normalized spacial score (nSPS) is 15.8. The number of terminal acetylenes is 1. The van der Waals surface area contributed by atoms with Gasteiger partial charge in [0.25, 0.3) is 5.92 Å². The standard InChI is InChI=1S/C29H27F4N3O.C26H34F3N3O.2C25H31F4N3O/c1-2-22-10-6-7-11-23(22)20-35-14-12-27(13-15-35)36(19-21-8-4-3-5-9-21)28(37)34-26-17-24(29(31,32)33)16-25(30)18-26;1-3-4-8-13-31-14-11-24(12-15-31)32(19-20-9-6-5-7-10-20)25(33)30-23-17-21(26(2,28)29)16-22(27)18-23;1-17(2)18(3)31-11-9-23(10-12-31)32(16-19-7-5-4-6-8-19)24(33)30-22-14-20(25(27,28)29)13-21(26)15-22;1-3-18(2)16-31-11-9-23(10-12-31)32(17-19-7-5-4-6-8-19)24(33)30-22-14-20(25(27,28)29)13-21(26)15-22/h1,3-11,16-18,27H,12-15,19-20H2,(H,34,37);5-7,9-10,16-18,24H,3-4,8,11-15,19H2,1-2H3,(H,30,33);4-8,13-15,17-18,23H,9-12,16H2,1-3H3,(H,30,33);4-8,13-15,18,23H,3,9-12,16-17H2,1-2H3,(H,30,33). The Hall–Kier alpha value is -11.6. The molecule has 8 amide bonds. The fourth-order valence-electron chi connectivity index (χ4n) is 17.2. The van der Waals surface area contributed by atoms with Gasteiger partial charge in [-0.25, -0.2) is 45.5 Å². The number of benzene rings is 9. The van der Waals surface area contributed by atoms with E-state index in [9.17, 15) is 85.0 Å². The predicted octanol–water partition coefficient (Wildman–Crippen LogP) is 25.9. The van der Waals surface area contributed by atoms with Crippen molar-refractivity contribution in [2.45, 2.75) is 213 Å². The van der Waals surface area contributed by atoms with Gasteiger partial charge in [0, 0.05) is 163 Å². The highest BCUT2D eigenvalue weighted by Crippen LogP contribution is 2.38. The molecule has 4 fully saturated rings. The van der Waals surface area contributed by atoms with Crippen LogP contribution in [-0.2, 0) is 57.2 Å².